The van der Waals surface area contributed by atoms with Crippen LogP contribution in [0, 0.1) is 0 Å². The second kappa shape index (κ2) is 4.49. The smallest absolute Gasteiger partial charge is 0.0900 e. The van der Waals surface area contributed by atoms with Gasteiger partial charge in [-0.25, -0.2) is 0 Å². The summed E-state index contributed by atoms with van der Waals surface area (Å²) in [5, 5.41) is 9.29. The van der Waals surface area contributed by atoms with Crippen LogP contribution in [-0.4, -0.2) is 49.0 Å². The van der Waals surface area contributed by atoms with Crippen molar-refractivity contribution in [2.45, 2.75) is 6.10 Å². The van der Waals surface area contributed by atoms with Crippen molar-refractivity contribution >= 4 is 0 Å². The molecule has 1 N–H and O–H groups in total. The van der Waals surface area contributed by atoms with Crippen molar-refractivity contribution in [2.24, 2.45) is 0 Å². The fourth-order valence-electron chi connectivity index (χ4n) is 0.891. The van der Waals surface area contributed by atoms with Gasteiger partial charge in [0.1, 0.15) is 0 Å². The minimum atomic E-state index is -0.336. The van der Waals surface area contributed by atoms with E-state index in [9.17, 15) is 5.11 Å². The van der Waals surface area contributed by atoms with Crippen molar-refractivity contribution in [3.63, 3.8) is 0 Å². The van der Waals surface area contributed by atoms with Gasteiger partial charge < -0.3 is 9.84 Å². The SMILES string of the molecule is C=CCOCC(O)CN1CC1. The maximum atomic E-state index is 9.29. The molecule has 0 aliphatic carbocycles. The lowest BCUT2D eigenvalue weighted by atomic mass is 10.4. The molecular formula is C8H15NO2. The third-order valence-corrected chi connectivity index (χ3v) is 1.55. The third-order valence-electron chi connectivity index (χ3n) is 1.55. The Morgan fingerprint density at radius 1 is 1.64 bits per heavy atom. The van der Waals surface area contributed by atoms with E-state index in [1.165, 1.54) is 0 Å². The summed E-state index contributed by atoms with van der Waals surface area (Å²) in [4.78, 5) is 2.17. The Kier molecular flexibility index (Phi) is 3.56. The minimum Gasteiger partial charge on any atom is -0.389 e. The highest BCUT2D eigenvalue weighted by atomic mass is 16.5. The first-order chi connectivity index (χ1) is 5.33. The molecule has 1 aliphatic rings. The third kappa shape index (κ3) is 4.14. The maximum absolute atomic E-state index is 9.29. The minimum absolute atomic E-state index is 0.336. The van der Waals surface area contributed by atoms with Crippen LogP contribution in [0.5, 0.6) is 0 Å². The van der Waals surface area contributed by atoms with E-state index in [1.807, 2.05) is 0 Å². The molecule has 3 heteroatoms. The van der Waals surface area contributed by atoms with Gasteiger partial charge in [-0.3, -0.25) is 4.90 Å². The van der Waals surface area contributed by atoms with Gasteiger partial charge in [0.2, 0.25) is 0 Å². The van der Waals surface area contributed by atoms with Crippen LogP contribution in [0.4, 0.5) is 0 Å². The largest absolute Gasteiger partial charge is 0.389 e. The molecule has 1 rings (SSSR count). The number of hydrogen-bond acceptors (Lipinski definition) is 3. The molecule has 0 amide bonds. The van der Waals surface area contributed by atoms with E-state index in [2.05, 4.69) is 11.5 Å². The molecule has 1 aliphatic heterocycles. The van der Waals surface area contributed by atoms with Crippen LogP contribution >= 0.6 is 0 Å². The van der Waals surface area contributed by atoms with Gasteiger partial charge in [-0.2, -0.15) is 0 Å². The Balaban J connectivity index is 1.91. The highest BCUT2D eigenvalue weighted by Gasteiger charge is 2.20. The van der Waals surface area contributed by atoms with Crippen LogP contribution < -0.4 is 0 Å². The van der Waals surface area contributed by atoms with E-state index in [4.69, 9.17) is 4.74 Å². The highest BCUT2D eigenvalue weighted by molar-refractivity contribution is 4.75. The molecule has 3 nitrogen and oxygen atoms in total. The lowest BCUT2D eigenvalue weighted by molar-refractivity contribution is 0.0418. The summed E-state index contributed by atoms with van der Waals surface area (Å²) in [7, 11) is 0. The number of ether oxygens (including phenoxy) is 1. The average molecular weight is 157 g/mol. The van der Waals surface area contributed by atoms with Crippen molar-refractivity contribution in [3.05, 3.63) is 12.7 Å². The zero-order chi connectivity index (χ0) is 8.10. The van der Waals surface area contributed by atoms with Gasteiger partial charge in [-0.15, -0.1) is 6.58 Å². The van der Waals surface area contributed by atoms with Crippen molar-refractivity contribution in [1.82, 2.24) is 4.90 Å². The zero-order valence-electron chi connectivity index (χ0n) is 6.70. The van der Waals surface area contributed by atoms with Crippen LogP contribution in [0.1, 0.15) is 0 Å². The Hall–Kier alpha value is -0.380. The molecular weight excluding hydrogens is 142 g/mol. The predicted molar refractivity (Wildman–Crippen MR) is 43.5 cm³/mol. The summed E-state index contributed by atoms with van der Waals surface area (Å²) in [6.45, 7) is 7.45. The number of β-amino-alcohol motifs (C(OH)–C–C–N with tert-alkyl or cyclic N) is 1. The van der Waals surface area contributed by atoms with E-state index in [1.54, 1.807) is 6.08 Å². The predicted octanol–water partition coefficient (Wildman–Crippen LogP) is -0.135. The van der Waals surface area contributed by atoms with Crippen LogP contribution in [0.15, 0.2) is 12.7 Å². The Morgan fingerprint density at radius 3 is 2.91 bits per heavy atom. The molecule has 0 aromatic heterocycles. The van der Waals surface area contributed by atoms with Crippen LogP contribution in [0.3, 0.4) is 0 Å². The molecule has 11 heavy (non-hydrogen) atoms. The molecule has 0 saturated carbocycles. The van der Waals surface area contributed by atoms with Gasteiger partial charge in [-0.1, -0.05) is 6.08 Å². The Morgan fingerprint density at radius 2 is 2.36 bits per heavy atom. The number of rotatable bonds is 6. The van der Waals surface area contributed by atoms with E-state index in [0.29, 0.717) is 13.2 Å². The fourth-order valence-corrected chi connectivity index (χ4v) is 0.891. The molecule has 1 saturated heterocycles. The first-order valence-corrected chi connectivity index (χ1v) is 3.92. The first-order valence-electron chi connectivity index (χ1n) is 3.92. The summed E-state index contributed by atoms with van der Waals surface area (Å²) in [6.07, 6.45) is 1.35. The molecule has 0 spiro atoms. The van der Waals surface area contributed by atoms with Crippen molar-refractivity contribution in [3.8, 4) is 0 Å². The zero-order valence-corrected chi connectivity index (χ0v) is 6.70. The van der Waals surface area contributed by atoms with Gasteiger partial charge in [0.15, 0.2) is 0 Å². The first kappa shape index (κ1) is 8.71. The Bertz CT molecular complexity index is 123. The second-order valence-electron chi connectivity index (χ2n) is 2.78. The van der Waals surface area contributed by atoms with Crippen molar-refractivity contribution in [1.29, 1.82) is 0 Å². The normalized spacial score (nSPS) is 19.7. The van der Waals surface area contributed by atoms with Crippen molar-refractivity contribution in [2.75, 3.05) is 32.8 Å². The van der Waals surface area contributed by atoms with E-state index >= 15 is 0 Å². The monoisotopic (exact) mass is 157 g/mol. The van der Waals surface area contributed by atoms with Gasteiger partial charge in [0.25, 0.3) is 0 Å². The average Bonchev–Trinajstić information content (AvgIpc) is 2.72. The summed E-state index contributed by atoms with van der Waals surface area (Å²) in [5.41, 5.74) is 0. The van der Waals surface area contributed by atoms with Gasteiger partial charge in [0.05, 0.1) is 19.3 Å². The standard InChI is InChI=1S/C8H15NO2/c1-2-5-11-7-8(10)6-9-3-4-9/h2,8,10H,1,3-7H2. The Labute approximate surface area is 67.3 Å². The van der Waals surface area contributed by atoms with Crippen molar-refractivity contribution < 1.29 is 9.84 Å². The molecule has 0 bridgehead atoms. The molecule has 0 aromatic rings. The van der Waals surface area contributed by atoms with E-state index in [-0.39, 0.29) is 6.10 Å². The molecule has 1 atom stereocenters. The number of aliphatic hydroxyl groups excluding tert-OH is 1. The number of aliphatic hydroxyl groups is 1. The van der Waals surface area contributed by atoms with Gasteiger partial charge in [0, 0.05) is 19.6 Å². The van der Waals surface area contributed by atoms with E-state index < -0.39 is 0 Å². The molecule has 1 heterocycles. The summed E-state index contributed by atoms with van der Waals surface area (Å²) in [5.74, 6) is 0. The fraction of sp³-hybridized carbons (Fsp3) is 0.750. The summed E-state index contributed by atoms with van der Waals surface area (Å²) >= 11 is 0. The summed E-state index contributed by atoms with van der Waals surface area (Å²) in [6, 6.07) is 0. The molecule has 1 fully saturated rings. The quantitative estimate of drug-likeness (QED) is 0.331. The number of nitrogens with zero attached hydrogens (tertiary/aromatic N) is 1. The second-order valence-corrected chi connectivity index (χ2v) is 2.78. The van der Waals surface area contributed by atoms with Gasteiger partial charge >= 0.3 is 0 Å². The van der Waals surface area contributed by atoms with Crippen LogP contribution in [0.25, 0.3) is 0 Å². The highest BCUT2D eigenvalue weighted by Crippen LogP contribution is 2.03. The maximum Gasteiger partial charge on any atom is 0.0900 e. The molecule has 1 unspecified atom stereocenters. The van der Waals surface area contributed by atoms with Crippen LogP contribution in [-0.2, 0) is 4.74 Å². The topological polar surface area (TPSA) is 32.5 Å². The molecule has 0 radical (unpaired) electrons. The molecule has 0 aromatic carbocycles. The lowest BCUT2D eigenvalue weighted by Gasteiger charge is -2.09. The van der Waals surface area contributed by atoms with Gasteiger partial charge in [-0.05, 0) is 0 Å². The van der Waals surface area contributed by atoms with Crippen LogP contribution in [0.2, 0.25) is 0 Å². The lowest BCUT2D eigenvalue weighted by Crippen LogP contribution is -2.24. The molecule has 64 valence electrons. The van der Waals surface area contributed by atoms with E-state index in [0.717, 1.165) is 19.6 Å². The number of hydrogen-bond donors (Lipinski definition) is 1. The summed E-state index contributed by atoms with van der Waals surface area (Å²) < 4.78 is 5.08.